The summed E-state index contributed by atoms with van der Waals surface area (Å²) in [6.45, 7) is 12.1. The van der Waals surface area contributed by atoms with Crippen molar-refractivity contribution in [3.63, 3.8) is 0 Å². The molecule has 1 aromatic heterocycles. The SMILES string of the molecule is CC1=C(CCN2CCc3nnc(CCNC(=O)C4CCC4)n3CC2)C(C)(C)CCC1. The lowest BCUT2D eigenvalue weighted by Crippen LogP contribution is -2.35. The predicted molar refractivity (Wildman–Crippen MR) is 119 cm³/mol. The Bertz CT molecular complexity index is 790. The molecule has 3 aliphatic rings. The fourth-order valence-corrected chi connectivity index (χ4v) is 5.44. The first-order valence-corrected chi connectivity index (χ1v) is 12.0. The van der Waals surface area contributed by atoms with Crippen LogP contribution < -0.4 is 5.32 Å². The highest BCUT2D eigenvalue weighted by molar-refractivity contribution is 5.79. The molecule has 0 atom stereocenters. The second kappa shape index (κ2) is 9.21. The molecule has 0 aromatic carbocycles. The van der Waals surface area contributed by atoms with Crippen molar-refractivity contribution in [1.29, 1.82) is 0 Å². The number of hydrogen-bond acceptors (Lipinski definition) is 4. The van der Waals surface area contributed by atoms with E-state index in [4.69, 9.17) is 0 Å². The lowest BCUT2D eigenvalue weighted by molar-refractivity contribution is -0.127. The zero-order valence-electron chi connectivity index (χ0n) is 19.2. The lowest BCUT2D eigenvalue weighted by Gasteiger charge is -2.35. The Morgan fingerprint density at radius 2 is 1.93 bits per heavy atom. The van der Waals surface area contributed by atoms with Crippen molar-refractivity contribution in [2.24, 2.45) is 11.3 Å². The summed E-state index contributed by atoms with van der Waals surface area (Å²) in [5.41, 5.74) is 3.69. The number of nitrogens with zero attached hydrogens (tertiary/aromatic N) is 4. The van der Waals surface area contributed by atoms with Crippen LogP contribution in [-0.2, 0) is 24.2 Å². The number of fused-ring (bicyclic) bond motifs is 1. The smallest absolute Gasteiger partial charge is 0.223 e. The van der Waals surface area contributed by atoms with Gasteiger partial charge in [0.25, 0.3) is 0 Å². The molecule has 0 saturated heterocycles. The number of allylic oxidation sites excluding steroid dienone is 1. The number of nitrogens with one attached hydrogen (secondary N) is 1. The number of carbonyl (C=O) groups excluding carboxylic acids is 1. The van der Waals surface area contributed by atoms with Crippen molar-refractivity contribution in [3.05, 3.63) is 22.8 Å². The van der Waals surface area contributed by atoms with E-state index in [1.165, 1.54) is 32.1 Å². The molecule has 1 aromatic rings. The maximum absolute atomic E-state index is 12.0. The summed E-state index contributed by atoms with van der Waals surface area (Å²) in [6.07, 6.45) is 10.2. The summed E-state index contributed by atoms with van der Waals surface area (Å²) in [6, 6.07) is 0. The fourth-order valence-electron chi connectivity index (χ4n) is 5.44. The normalized spacial score (nSPS) is 22.4. The lowest BCUT2D eigenvalue weighted by atomic mass is 9.71. The fraction of sp³-hybridized carbons (Fsp3) is 0.792. The number of hydrogen-bond donors (Lipinski definition) is 1. The van der Waals surface area contributed by atoms with Gasteiger partial charge >= 0.3 is 0 Å². The van der Waals surface area contributed by atoms with Crippen LogP contribution in [0.15, 0.2) is 11.1 Å². The quantitative estimate of drug-likeness (QED) is 0.695. The zero-order chi connectivity index (χ0) is 21.1. The molecule has 6 heteroatoms. The maximum atomic E-state index is 12.0. The van der Waals surface area contributed by atoms with Gasteiger partial charge in [0, 0.05) is 51.5 Å². The highest BCUT2D eigenvalue weighted by Crippen LogP contribution is 2.41. The minimum absolute atomic E-state index is 0.221. The van der Waals surface area contributed by atoms with Crippen molar-refractivity contribution in [2.75, 3.05) is 26.2 Å². The van der Waals surface area contributed by atoms with Gasteiger partial charge in [-0.3, -0.25) is 4.79 Å². The minimum Gasteiger partial charge on any atom is -0.355 e. The first kappa shape index (κ1) is 21.5. The highest BCUT2D eigenvalue weighted by atomic mass is 16.1. The number of aromatic nitrogens is 3. The predicted octanol–water partition coefficient (Wildman–Crippen LogP) is 3.51. The van der Waals surface area contributed by atoms with E-state index < -0.39 is 0 Å². The summed E-state index contributed by atoms with van der Waals surface area (Å²) >= 11 is 0. The molecular weight excluding hydrogens is 374 g/mol. The van der Waals surface area contributed by atoms with Gasteiger partial charge in [0.05, 0.1) is 0 Å². The van der Waals surface area contributed by atoms with E-state index >= 15 is 0 Å². The van der Waals surface area contributed by atoms with Gasteiger partial charge in [-0.15, -0.1) is 10.2 Å². The molecular formula is C24H39N5O. The third-order valence-electron chi connectivity index (χ3n) is 7.68. The monoisotopic (exact) mass is 413 g/mol. The molecule has 1 aliphatic heterocycles. The van der Waals surface area contributed by atoms with Gasteiger partial charge in [-0.1, -0.05) is 31.4 Å². The van der Waals surface area contributed by atoms with Gasteiger partial charge in [0.1, 0.15) is 11.6 Å². The van der Waals surface area contributed by atoms with Gasteiger partial charge in [-0.05, 0) is 50.9 Å². The largest absolute Gasteiger partial charge is 0.355 e. The average molecular weight is 414 g/mol. The standard InChI is InChI=1S/C24H39N5O/c1-18-6-5-12-24(2,3)20(18)10-14-28-15-11-22-27-26-21(29(22)17-16-28)9-13-25-23(30)19-7-4-8-19/h19H,4-17H2,1-3H3,(H,25,30). The van der Waals surface area contributed by atoms with E-state index in [0.29, 0.717) is 12.0 Å². The van der Waals surface area contributed by atoms with Crippen LogP contribution in [0.3, 0.4) is 0 Å². The first-order chi connectivity index (χ1) is 14.4. The molecule has 1 N–H and O–H groups in total. The van der Waals surface area contributed by atoms with E-state index in [9.17, 15) is 4.79 Å². The van der Waals surface area contributed by atoms with Crippen LogP contribution in [0.4, 0.5) is 0 Å². The van der Waals surface area contributed by atoms with Crippen LogP contribution in [0, 0.1) is 11.3 Å². The van der Waals surface area contributed by atoms with Gasteiger partial charge in [0.15, 0.2) is 0 Å². The Morgan fingerprint density at radius 3 is 2.67 bits per heavy atom. The topological polar surface area (TPSA) is 63.1 Å². The zero-order valence-corrected chi connectivity index (χ0v) is 19.2. The van der Waals surface area contributed by atoms with Crippen LogP contribution in [0.2, 0.25) is 0 Å². The molecule has 0 spiro atoms. The van der Waals surface area contributed by atoms with Crippen LogP contribution in [0.25, 0.3) is 0 Å². The minimum atomic E-state index is 0.221. The molecule has 0 unspecified atom stereocenters. The summed E-state index contributed by atoms with van der Waals surface area (Å²) < 4.78 is 2.30. The number of rotatable bonds is 7. The van der Waals surface area contributed by atoms with E-state index in [1.807, 2.05) is 0 Å². The molecule has 2 aliphatic carbocycles. The second-order valence-corrected chi connectivity index (χ2v) is 10.2. The second-order valence-electron chi connectivity index (χ2n) is 10.2. The third-order valence-corrected chi connectivity index (χ3v) is 7.68. The Labute approximate surface area is 181 Å². The molecule has 166 valence electrons. The molecule has 1 saturated carbocycles. The van der Waals surface area contributed by atoms with Crippen LogP contribution >= 0.6 is 0 Å². The van der Waals surface area contributed by atoms with E-state index in [-0.39, 0.29) is 11.8 Å². The highest BCUT2D eigenvalue weighted by Gasteiger charge is 2.29. The maximum Gasteiger partial charge on any atom is 0.223 e. The van der Waals surface area contributed by atoms with E-state index in [1.54, 1.807) is 11.1 Å². The Balaban J connectivity index is 1.28. The summed E-state index contributed by atoms with van der Waals surface area (Å²) in [5, 5.41) is 12.0. The van der Waals surface area contributed by atoms with Gasteiger partial charge < -0.3 is 14.8 Å². The number of amides is 1. The molecule has 0 radical (unpaired) electrons. The first-order valence-electron chi connectivity index (χ1n) is 12.0. The molecule has 6 nitrogen and oxygen atoms in total. The van der Waals surface area contributed by atoms with Crippen molar-refractivity contribution in [2.45, 2.75) is 85.1 Å². The molecule has 2 heterocycles. The summed E-state index contributed by atoms with van der Waals surface area (Å²) in [4.78, 5) is 14.6. The Morgan fingerprint density at radius 1 is 1.10 bits per heavy atom. The number of carbonyl (C=O) groups is 1. The van der Waals surface area contributed by atoms with Crippen molar-refractivity contribution < 1.29 is 4.79 Å². The molecule has 4 rings (SSSR count). The van der Waals surface area contributed by atoms with Crippen LogP contribution in [-0.4, -0.2) is 51.8 Å². The van der Waals surface area contributed by atoms with Gasteiger partial charge in [-0.2, -0.15) is 0 Å². The Kier molecular flexibility index (Phi) is 6.61. The summed E-state index contributed by atoms with van der Waals surface area (Å²) in [5.74, 6) is 2.60. The van der Waals surface area contributed by atoms with Gasteiger partial charge in [-0.25, -0.2) is 0 Å². The van der Waals surface area contributed by atoms with Crippen molar-refractivity contribution in [3.8, 4) is 0 Å². The van der Waals surface area contributed by atoms with Gasteiger partial charge in [0.2, 0.25) is 5.91 Å². The van der Waals surface area contributed by atoms with Crippen molar-refractivity contribution in [1.82, 2.24) is 25.0 Å². The van der Waals surface area contributed by atoms with Crippen LogP contribution in [0.5, 0.6) is 0 Å². The van der Waals surface area contributed by atoms with Crippen LogP contribution in [0.1, 0.15) is 77.4 Å². The molecule has 1 amide bonds. The Hall–Kier alpha value is -1.69. The summed E-state index contributed by atoms with van der Waals surface area (Å²) in [7, 11) is 0. The van der Waals surface area contributed by atoms with E-state index in [2.05, 4.69) is 45.8 Å². The molecule has 30 heavy (non-hydrogen) atoms. The van der Waals surface area contributed by atoms with E-state index in [0.717, 1.165) is 63.5 Å². The molecule has 0 bridgehead atoms. The third kappa shape index (κ3) is 4.79. The van der Waals surface area contributed by atoms with Crippen molar-refractivity contribution >= 4 is 5.91 Å². The molecule has 1 fully saturated rings. The average Bonchev–Trinajstić information content (AvgIpc) is 2.91.